The monoisotopic (exact) mass is 236 g/mol. The van der Waals surface area contributed by atoms with E-state index in [1.165, 1.54) is 12.1 Å². The Labute approximate surface area is 95.5 Å². The zero-order valence-corrected chi connectivity index (χ0v) is 8.58. The molecule has 0 aliphatic heterocycles. The number of rotatable bonds is 2. The van der Waals surface area contributed by atoms with Crippen LogP contribution < -0.4 is 0 Å². The average Bonchev–Trinajstić information content (AvgIpc) is 2.30. The SMILES string of the molecule is O=Cc1ccc(-c2ccc(F)cc2F)c(F)c1. The summed E-state index contributed by atoms with van der Waals surface area (Å²) in [5.74, 6) is -2.29. The van der Waals surface area contributed by atoms with Gasteiger partial charge < -0.3 is 0 Å². The molecule has 4 heteroatoms. The summed E-state index contributed by atoms with van der Waals surface area (Å²) in [6.45, 7) is 0. The Morgan fingerprint density at radius 2 is 1.41 bits per heavy atom. The van der Waals surface area contributed by atoms with Gasteiger partial charge in [-0.2, -0.15) is 0 Å². The second kappa shape index (κ2) is 4.41. The standard InChI is InChI=1S/C13H7F3O/c14-9-2-4-11(13(16)6-9)10-3-1-8(7-17)5-12(10)15/h1-7H. The summed E-state index contributed by atoms with van der Waals surface area (Å²) < 4.78 is 39.7. The maximum atomic E-state index is 13.6. The van der Waals surface area contributed by atoms with Gasteiger partial charge in [-0.1, -0.05) is 12.1 Å². The van der Waals surface area contributed by atoms with Gasteiger partial charge in [0.2, 0.25) is 0 Å². The lowest BCUT2D eigenvalue weighted by Crippen LogP contribution is -1.91. The van der Waals surface area contributed by atoms with Gasteiger partial charge in [0.25, 0.3) is 0 Å². The molecule has 2 aromatic rings. The molecular formula is C13H7F3O. The van der Waals surface area contributed by atoms with Crippen LogP contribution in [0.15, 0.2) is 36.4 Å². The van der Waals surface area contributed by atoms with E-state index < -0.39 is 17.5 Å². The van der Waals surface area contributed by atoms with Crippen LogP contribution in [0.5, 0.6) is 0 Å². The zero-order valence-electron chi connectivity index (χ0n) is 8.58. The molecule has 86 valence electrons. The van der Waals surface area contributed by atoms with Crippen molar-refractivity contribution in [1.29, 1.82) is 0 Å². The van der Waals surface area contributed by atoms with Gasteiger partial charge in [-0.05, 0) is 18.2 Å². The lowest BCUT2D eigenvalue weighted by Gasteiger charge is -2.05. The molecule has 0 N–H and O–H groups in total. The predicted octanol–water partition coefficient (Wildman–Crippen LogP) is 3.58. The minimum atomic E-state index is -0.845. The Morgan fingerprint density at radius 1 is 0.824 bits per heavy atom. The van der Waals surface area contributed by atoms with Gasteiger partial charge in [-0.25, -0.2) is 13.2 Å². The van der Waals surface area contributed by atoms with Crippen LogP contribution in [0, 0.1) is 17.5 Å². The fourth-order valence-electron chi connectivity index (χ4n) is 1.53. The van der Waals surface area contributed by atoms with Crippen molar-refractivity contribution in [3.8, 4) is 11.1 Å². The van der Waals surface area contributed by atoms with Crippen molar-refractivity contribution in [1.82, 2.24) is 0 Å². The molecule has 0 saturated carbocycles. The highest BCUT2D eigenvalue weighted by atomic mass is 19.1. The molecule has 0 unspecified atom stereocenters. The molecule has 17 heavy (non-hydrogen) atoms. The summed E-state index contributed by atoms with van der Waals surface area (Å²) in [6.07, 6.45) is 0.494. The molecule has 0 aliphatic carbocycles. The molecule has 0 heterocycles. The largest absolute Gasteiger partial charge is 0.298 e. The average molecular weight is 236 g/mol. The van der Waals surface area contributed by atoms with Gasteiger partial charge in [0.1, 0.15) is 23.7 Å². The molecular weight excluding hydrogens is 229 g/mol. The second-order valence-electron chi connectivity index (χ2n) is 3.48. The van der Waals surface area contributed by atoms with Crippen molar-refractivity contribution in [3.63, 3.8) is 0 Å². The quantitative estimate of drug-likeness (QED) is 0.728. The van der Waals surface area contributed by atoms with E-state index in [9.17, 15) is 18.0 Å². The third-order valence-corrected chi connectivity index (χ3v) is 2.35. The lowest BCUT2D eigenvalue weighted by atomic mass is 10.0. The van der Waals surface area contributed by atoms with Crippen molar-refractivity contribution in [2.75, 3.05) is 0 Å². The predicted molar refractivity (Wildman–Crippen MR) is 57.1 cm³/mol. The van der Waals surface area contributed by atoms with Gasteiger partial charge in [-0.15, -0.1) is 0 Å². The second-order valence-corrected chi connectivity index (χ2v) is 3.48. The van der Waals surface area contributed by atoms with Crippen LogP contribution in [0.3, 0.4) is 0 Å². The van der Waals surface area contributed by atoms with Crippen LogP contribution in [0.1, 0.15) is 10.4 Å². The van der Waals surface area contributed by atoms with Crippen LogP contribution in [0.2, 0.25) is 0 Å². The Bertz CT molecular complexity index is 579. The number of benzene rings is 2. The number of hydrogen-bond acceptors (Lipinski definition) is 1. The summed E-state index contributed by atoms with van der Waals surface area (Å²) in [5.41, 5.74) is 0.114. The van der Waals surface area contributed by atoms with E-state index >= 15 is 0 Å². The Morgan fingerprint density at radius 3 is 1.94 bits per heavy atom. The third kappa shape index (κ3) is 2.20. The van der Waals surface area contributed by atoms with E-state index in [2.05, 4.69) is 0 Å². The maximum absolute atomic E-state index is 13.6. The van der Waals surface area contributed by atoms with E-state index in [0.717, 1.165) is 18.2 Å². The molecule has 0 atom stereocenters. The van der Waals surface area contributed by atoms with E-state index in [-0.39, 0.29) is 16.7 Å². The highest BCUT2D eigenvalue weighted by molar-refractivity contribution is 5.77. The molecule has 0 spiro atoms. The van der Waals surface area contributed by atoms with E-state index in [1.807, 2.05) is 0 Å². The summed E-state index contributed by atoms with van der Waals surface area (Å²) >= 11 is 0. The van der Waals surface area contributed by atoms with Gasteiger partial charge >= 0.3 is 0 Å². The topological polar surface area (TPSA) is 17.1 Å². The molecule has 0 aromatic heterocycles. The molecule has 1 nitrogen and oxygen atoms in total. The first kappa shape index (κ1) is 11.4. The summed E-state index contributed by atoms with van der Waals surface area (Å²) in [7, 11) is 0. The van der Waals surface area contributed by atoms with E-state index in [0.29, 0.717) is 12.4 Å². The van der Waals surface area contributed by atoms with E-state index in [1.54, 1.807) is 0 Å². The van der Waals surface area contributed by atoms with E-state index in [4.69, 9.17) is 0 Å². The molecule has 2 aromatic carbocycles. The first-order valence-electron chi connectivity index (χ1n) is 4.82. The van der Waals surface area contributed by atoms with Gasteiger partial charge in [0.15, 0.2) is 0 Å². The molecule has 0 amide bonds. The van der Waals surface area contributed by atoms with Gasteiger partial charge in [-0.3, -0.25) is 4.79 Å². The number of aldehydes is 1. The van der Waals surface area contributed by atoms with Crippen molar-refractivity contribution in [2.24, 2.45) is 0 Å². The molecule has 2 rings (SSSR count). The maximum Gasteiger partial charge on any atom is 0.150 e. The van der Waals surface area contributed by atoms with Crippen molar-refractivity contribution < 1.29 is 18.0 Å². The Kier molecular flexibility index (Phi) is 2.95. The highest BCUT2D eigenvalue weighted by Gasteiger charge is 2.11. The minimum absolute atomic E-state index is 0.00639. The first-order chi connectivity index (χ1) is 8.11. The van der Waals surface area contributed by atoms with Gasteiger partial charge in [0, 0.05) is 22.8 Å². The summed E-state index contributed by atoms with van der Waals surface area (Å²) in [4.78, 5) is 10.4. The summed E-state index contributed by atoms with van der Waals surface area (Å²) in [6, 6.07) is 6.55. The number of carbonyl (C=O) groups excluding carboxylic acids is 1. The highest BCUT2D eigenvalue weighted by Crippen LogP contribution is 2.26. The van der Waals surface area contributed by atoms with Crippen LogP contribution in [-0.4, -0.2) is 6.29 Å². The van der Waals surface area contributed by atoms with Crippen LogP contribution in [-0.2, 0) is 0 Å². The fourth-order valence-corrected chi connectivity index (χ4v) is 1.53. The Hall–Kier alpha value is -2.10. The molecule has 0 saturated heterocycles. The van der Waals surface area contributed by atoms with Crippen LogP contribution in [0.25, 0.3) is 11.1 Å². The fraction of sp³-hybridized carbons (Fsp3) is 0. The smallest absolute Gasteiger partial charge is 0.150 e. The normalized spacial score (nSPS) is 10.3. The third-order valence-electron chi connectivity index (χ3n) is 2.35. The van der Waals surface area contributed by atoms with Crippen molar-refractivity contribution >= 4 is 6.29 Å². The first-order valence-corrected chi connectivity index (χ1v) is 4.82. The van der Waals surface area contributed by atoms with Crippen LogP contribution in [0.4, 0.5) is 13.2 Å². The summed E-state index contributed by atoms with van der Waals surface area (Å²) in [5, 5.41) is 0. The molecule has 0 radical (unpaired) electrons. The lowest BCUT2D eigenvalue weighted by molar-refractivity contribution is 0.112. The number of halogens is 3. The van der Waals surface area contributed by atoms with Crippen molar-refractivity contribution in [2.45, 2.75) is 0 Å². The molecule has 0 fully saturated rings. The Balaban J connectivity index is 2.56. The number of carbonyl (C=O) groups is 1. The molecule has 0 aliphatic rings. The van der Waals surface area contributed by atoms with Crippen LogP contribution >= 0.6 is 0 Å². The number of hydrogen-bond donors (Lipinski definition) is 0. The molecule has 0 bridgehead atoms. The zero-order chi connectivity index (χ0) is 12.4. The minimum Gasteiger partial charge on any atom is -0.298 e. The van der Waals surface area contributed by atoms with Crippen molar-refractivity contribution in [3.05, 3.63) is 59.4 Å². The van der Waals surface area contributed by atoms with Gasteiger partial charge in [0.05, 0.1) is 0 Å².